The molecule has 164 valence electrons. The van der Waals surface area contributed by atoms with Crippen molar-refractivity contribution in [2.75, 3.05) is 26.2 Å². The third-order valence-corrected chi connectivity index (χ3v) is 4.67. The summed E-state index contributed by atoms with van der Waals surface area (Å²) in [4.78, 5) is 27.5. The van der Waals surface area contributed by atoms with E-state index in [2.05, 4.69) is 0 Å². The van der Waals surface area contributed by atoms with Crippen LogP contribution in [0.2, 0.25) is 5.02 Å². The molecule has 1 atom stereocenters. The Morgan fingerprint density at radius 1 is 1.28 bits per heavy atom. The van der Waals surface area contributed by atoms with Crippen molar-refractivity contribution in [3.63, 3.8) is 0 Å². The van der Waals surface area contributed by atoms with Crippen molar-refractivity contribution >= 4 is 23.6 Å². The Morgan fingerprint density at radius 2 is 1.86 bits per heavy atom. The molecule has 9 heteroatoms. The van der Waals surface area contributed by atoms with Gasteiger partial charge in [-0.1, -0.05) is 25.4 Å². The van der Waals surface area contributed by atoms with Gasteiger partial charge in [-0.3, -0.25) is 4.79 Å². The van der Waals surface area contributed by atoms with Crippen LogP contribution in [-0.4, -0.2) is 64.8 Å². The molecule has 29 heavy (non-hydrogen) atoms. The predicted octanol–water partition coefficient (Wildman–Crippen LogP) is 4.01. The van der Waals surface area contributed by atoms with E-state index in [-0.39, 0.29) is 25.2 Å². The second-order valence-electron chi connectivity index (χ2n) is 7.42. The van der Waals surface area contributed by atoms with E-state index < -0.39 is 52.5 Å². The molecule has 0 aromatic heterocycles. The van der Waals surface area contributed by atoms with Crippen LogP contribution >= 0.6 is 11.6 Å². The quantitative estimate of drug-likeness (QED) is 0.714. The molecule has 0 saturated carbocycles. The molecule has 1 fully saturated rings. The summed E-state index contributed by atoms with van der Waals surface area (Å²) in [6, 6.07) is 0.0226. The number of halogens is 3. The number of aliphatic hydroxyl groups is 1. The number of ether oxygens (including phenoxy) is 1. The summed E-state index contributed by atoms with van der Waals surface area (Å²) in [5, 5.41) is 9.19. The first-order valence-corrected chi connectivity index (χ1v) is 9.88. The first kappa shape index (κ1) is 25.1. The first-order chi connectivity index (χ1) is 13.5. The van der Waals surface area contributed by atoms with Crippen molar-refractivity contribution < 1.29 is 28.2 Å². The minimum Gasteiger partial charge on any atom is -0.444 e. The molecule has 2 amide bonds. The summed E-state index contributed by atoms with van der Waals surface area (Å²) in [6.07, 6.45) is -0.566. The summed E-state index contributed by atoms with van der Waals surface area (Å²) < 4.78 is 33.6. The molecule has 0 bridgehead atoms. The molecule has 1 aromatic rings. The number of benzene rings is 1. The fourth-order valence-electron chi connectivity index (χ4n) is 2.77. The Bertz CT molecular complexity index is 753. The van der Waals surface area contributed by atoms with E-state index in [9.17, 15) is 23.5 Å². The Labute approximate surface area is 175 Å². The lowest BCUT2D eigenvalue weighted by atomic mass is 10.1. The molecule has 1 aromatic carbocycles. The molecule has 1 unspecified atom stereocenters. The summed E-state index contributed by atoms with van der Waals surface area (Å²) in [5.74, 6) is -2.60. The number of aliphatic hydroxyl groups excluding tert-OH is 1. The molecule has 0 aliphatic carbocycles. The van der Waals surface area contributed by atoms with E-state index in [4.69, 9.17) is 16.3 Å². The van der Waals surface area contributed by atoms with Gasteiger partial charge in [0.1, 0.15) is 11.4 Å². The number of hydrogen-bond acceptors (Lipinski definition) is 4. The Balaban J connectivity index is 0.00000204. The molecule has 1 aliphatic rings. The highest BCUT2D eigenvalue weighted by atomic mass is 35.5. The maximum absolute atomic E-state index is 14.4. The number of piperazine rings is 1. The van der Waals surface area contributed by atoms with E-state index in [0.717, 1.165) is 6.07 Å². The van der Waals surface area contributed by atoms with E-state index in [1.54, 1.807) is 20.8 Å². The zero-order valence-electron chi connectivity index (χ0n) is 17.7. The standard InChI is InChI=1S/C18H23ClF2N2O4.C2H6/c1-10-13(20)7-12(15(21)14(10)19)16(25)23-6-5-22(8-11(23)9-24)17(26)27-18(2,3)4;1-2/h7,11,24H,5-6,8-9H2,1-4H3;1-2H3. The zero-order chi connectivity index (χ0) is 22.5. The zero-order valence-corrected chi connectivity index (χ0v) is 18.4. The third kappa shape index (κ3) is 6.02. The van der Waals surface area contributed by atoms with Crippen molar-refractivity contribution in [1.82, 2.24) is 9.80 Å². The van der Waals surface area contributed by atoms with Crippen LogP contribution in [-0.2, 0) is 4.74 Å². The summed E-state index contributed by atoms with van der Waals surface area (Å²) in [7, 11) is 0. The number of rotatable bonds is 2. The SMILES string of the molecule is CC.Cc1c(F)cc(C(=O)N2CCN(C(=O)OC(C)(C)C)CC2CO)c(F)c1Cl. The van der Waals surface area contributed by atoms with E-state index in [1.165, 1.54) is 16.7 Å². The lowest BCUT2D eigenvalue weighted by Crippen LogP contribution is -2.58. The summed E-state index contributed by atoms with van der Waals surface area (Å²) in [5.41, 5.74) is -1.27. The van der Waals surface area contributed by atoms with Gasteiger partial charge in [-0.25, -0.2) is 13.6 Å². The van der Waals surface area contributed by atoms with Crippen molar-refractivity contribution in [2.24, 2.45) is 0 Å². The van der Waals surface area contributed by atoms with Crippen molar-refractivity contribution in [2.45, 2.75) is 53.2 Å². The van der Waals surface area contributed by atoms with Crippen LogP contribution in [0.5, 0.6) is 0 Å². The smallest absolute Gasteiger partial charge is 0.410 e. The first-order valence-electron chi connectivity index (χ1n) is 9.50. The van der Waals surface area contributed by atoms with E-state index in [1.807, 2.05) is 13.8 Å². The summed E-state index contributed by atoms with van der Waals surface area (Å²) in [6.45, 7) is 10.2. The fraction of sp³-hybridized carbons (Fsp3) is 0.600. The molecular formula is C20H29ClF2N2O4. The van der Waals surface area contributed by atoms with E-state index >= 15 is 0 Å². The average molecular weight is 435 g/mol. The van der Waals surface area contributed by atoms with Crippen LogP contribution < -0.4 is 0 Å². The highest BCUT2D eigenvalue weighted by Gasteiger charge is 2.35. The van der Waals surface area contributed by atoms with Crippen LogP contribution in [0, 0.1) is 18.6 Å². The lowest BCUT2D eigenvalue weighted by Gasteiger charge is -2.41. The number of hydrogen-bond donors (Lipinski definition) is 1. The highest BCUT2D eigenvalue weighted by molar-refractivity contribution is 6.31. The Hall–Kier alpha value is -1.93. The van der Waals surface area contributed by atoms with Crippen LogP contribution in [0.3, 0.4) is 0 Å². The number of carbonyl (C=O) groups excluding carboxylic acids is 2. The second kappa shape index (κ2) is 10.2. The van der Waals surface area contributed by atoms with Gasteiger partial charge in [0.25, 0.3) is 5.91 Å². The van der Waals surface area contributed by atoms with Gasteiger partial charge in [0.15, 0.2) is 5.82 Å². The van der Waals surface area contributed by atoms with Gasteiger partial charge in [-0.15, -0.1) is 0 Å². The van der Waals surface area contributed by atoms with Gasteiger partial charge < -0.3 is 19.6 Å². The molecule has 1 aliphatic heterocycles. The second-order valence-corrected chi connectivity index (χ2v) is 7.80. The number of amides is 2. The van der Waals surface area contributed by atoms with Crippen molar-refractivity contribution in [3.8, 4) is 0 Å². The molecular weight excluding hydrogens is 406 g/mol. The highest BCUT2D eigenvalue weighted by Crippen LogP contribution is 2.27. The number of carbonyl (C=O) groups is 2. The van der Waals surface area contributed by atoms with Crippen LogP contribution in [0.15, 0.2) is 6.07 Å². The van der Waals surface area contributed by atoms with Crippen LogP contribution in [0.4, 0.5) is 13.6 Å². The van der Waals surface area contributed by atoms with Crippen molar-refractivity contribution in [3.05, 3.63) is 33.9 Å². The van der Waals surface area contributed by atoms with Gasteiger partial charge in [0.05, 0.1) is 23.2 Å². The topological polar surface area (TPSA) is 70.1 Å². The molecule has 0 spiro atoms. The molecule has 2 rings (SSSR count). The normalized spacial score (nSPS) is 16.8. The Morgan fingerprint density at radius 3 is 2.38 bits per heavy atom. The maximum atomic E-state index is 14.4. The number of nitrogens with zero attached hydrogens (tertiary/aromatic N) is 2. The minimum absolute atomic E-state index is 0.0147. The lowest BCUT2D eigenvalue weighted by molar-refractivity contribution is -0.00255. The maximum Gasteiger partial charge on any atom is 0.410 e. The van der Waals surface area contributed by atoms with Crippen molar-refractivity contribution in [1.29, 1.82) is 0 Å². The average Bonchev–Trinajstić information content (AvgIpc) is 2.68. The molecule has 6 nitrogen and oxygen atoms in total. The van der Waals surface area contributed by atoms with Gasteiger partial charge in [-0.2, -0.15) is 0 Å². The molecule has 1 heterocycles. The molecule has 1 N–H and O–H groups in total. The molecule has 0 radical (unpaired) electrons. The van der Waals surface area contributed by atoms with Gasteiger partial charge in [0, 0.05) is 25.2 Å². The van der Waals surface area contributed by atoms with Crippen LogP contribution in [0.25, 0.3) is 0 Å². The van der Waals surface area contributed by atoms with E-state index in [0.29, 0.717) is 0 Å². The third-order valence-electron chi connectivity index (χ3n) is 4.22. The van der Waals surface area contributed by atoms with Crippen LogP contribution in [0.1, 0.15) is 50.5 Å². The van der Waals surface area contributed by atoms with Gasteiger partial charge in [-0.05, 0) is 33.8 Å². The fourth-order valence-corrected chi connectivity index (χ4v) is 2.96. The van der Waals surface area contributed by atoms with Gasteiger partial charge in [0.2, 0.25) is 0 Å². The summed E-state index contributed by atoms with van der Waals surface area (Å²) >= 11 is 5.76. The Kier molecular flexibility index (Phi) is 8.84. The largest absolute Gasteiger partial charge is 0.444 e. The predicted molar refractivity (Wildman–Crippen MR) is 107 cm³/mol. The molecule has 1 saturated heterocycles. The minimum atomic E-state index is -1.01. The monoisotopic (exact) mass is 434 g/mol. The van der Waals surface area contributed by atoms with Gasteiger partial charge >= 0.3 is 6.09 Å².